The van der Waals surface area contributed by atoms with E-state index in [0.29, 0.717) is 6.42 Å². The molecule has 0 aromatic heterocycles. The molecule has 3 heteroatoms. The highest BCUT2D eigenvalue weighted by atomic mass is 19.1. The molecule has 0 aliphatic carbocycles. The highest BCUT2D eigenvalue weighted by Gasteiger charge is 2.12. The maximum Gasteiger partial charge on any atom is 0.303 e. The molecule has 0 aliphatic rings. The summed E-state index contributed by atoms with van der Waals surface area (Å²) in [5.74, 6) is -0.662. The minimum absolute atomic E-state index is 0.307. The van der Waals surface area contributed by atoms with Crippen molar-refractivity contribution >= 4 is 5.97 Å². The van der Waals surface area contributed by atoms with Crippen LogP contribution in [0.3, 0.4) is 0 Å². The maximum absolute atomic E-state index is 12.7. The number of carbonyl (C=O) groups is 1. The van der Waals surface area contributed by atoms with Crippen LogP contribution in [-0.4, -0.2) is 5.97 Å². The molecule has 0 spiro atoms. The highest BCUT2D eigenvalue weighted by molar-refractivity contribution is 5.66. The third-order valence-corrected chi connectivity index (χ3v) is 1.93. The fourth-order valence-corrected chi connectivity index (χ4v) is 1.28. The molecule has 2 nitrogen and oxygen atoms in total. The molecule has 80 valence electrons. The number of benzene rings is 1. The molecule has 0 aliphatic heterocycles. The molecule has 0 heterocycles. The third-order valence-electron chi connectivity index (χ3n) is 1.93. The highest BCUT2D eigenvalue weighted by Crippen LogP contribution is 2.21. The van der Waals surface area contributed by atoms with E-state index in [0.717, 1.165) is 5.56 Å². The number of hydrogen-bond acceptors (Lipinski definition) is 2. The number of rotatable bonds is 4. The molecule has 0 radical (unpaired) electrons. The van der Waals surface area contributed by atoms with Crippen molar-refractivity contribution in [2.24, 2.45) is 0 Å². The molecule has 1 unspecified atom stereocenters. The molecular formula is C12H13FO2. The molecule has 0 fully saturated rings. The van der Waals surface area contributed by atoms with Gasteiger partial charge >= 0.3 is 5.97 Å². The van der Waals surface area contributed by atoms with Gasteiger partial charge in [0.05, 0.1) is 0 Å². The Kier molecular flexibility index (Phi) is 4.03. The van der Waals surface area contributed by atoms with E-state index in [1.54, 1.807) is 18.2 Å². The molecule has 0 bridgehead atoms. The van der Waals surface area contributed by atoms with Gasteiger partial charge in [-0.05, 0) is 17.7 Å². The third kappa shape index (κ3) is 3.54. The van der Waals surface area contributed by atoms with Crippen molar-refractivity contribution in [3.8, 4) is 0 Å². The Balaban J connectivity index is 2.83. The summed E-state index contributed by atoms with van der Waals surface area (Å²) < 4.78 is 17.8. The molecule has 0 saturated heterocycles. The van der Waals surface area contributed by atoms with Gasteiger partial charge in [0.1, 0.15) is 11.9 Å². The Morgan fingerprint density at radius 3 is 2.60 bits per heavy atom. The molecule has 1 rings (SSSR count). The smallest absolute Gasteiger partial charge is 0.303 e. The second-order valence-electron chi connectivity index (χ2n) is 3.17. The van der Waals surface area contributed by atoms with Gasteiger partial charge in [0, 0.05) is 13.3 Å². The minimum Gasteiger partial charge on any atom is -0.457 e. The Labute approximate surface area is 88.4 Å². The molecule has 15 heavy (non-hydrogen) atoms. The summed E-state index contributed by atoms with van der Waals surface area (Å²) in [6.45, 7) is 4.93. The number of ether oxygens (including phenoxy) is 1. The van der Waals surface area contributed by atoms with Crippen LogP contribution < -0.4 is 0 Å². The van der Waals surface area contributed by atoms with Crippen LogP contribution in [0.15, 0.2) is 36.9 Å². The predicted octanol–water partition coefficient (Wildman–Crippen LogP) is 3.01. The molecule has 1 atom stereocenters. The normalized spacial score (nSPS) is 11.9. The van der Waals surface area contributed by atoms with Gasteiger partial charge in [0.15, 0.2) is 0 Å². The lowest BCUT2D eigenvalue weighted by atomic mass is 10.1. The zero-order chi connectivity index (χ0) is 11.3. The number of halogens is 1. The molecule has 0 amide bonds. The minimum atomic E-state index is -0.374. The van der Waals surface area contributed by atoms with E-state index in [1.807, 2.05) is 0 Å². The molecule has 1 aromatic rings. The van der Waals surface area contributed by atoms with Crippen LogP contribution in [0.5, 0.6) is 0 Å². The number of hydrogen-bond donors (Lipinski definition) is 0. The first-order valence-corrected chi connectivity index (χ1v) is 4.67. The summed E-state index contributed by atoms with van der Waals surface area (Å²) in [5.41, 5.74) is 0.770. The van der Waals surface area contributed by atoms with Crippen LogP contribution in [0.1, 0.15) is 25.0 Å². The Morgan fingerprint density at radius 2 is 2.13 bits per heavy atom. The molecule has 0 saturated carbocycles. The van der Waals surface area contributed by atoms with E-state index < -0.39 is 0 Å². The van der Waals surface area contributed by atoms with Gasteiger partial charge < -0.3 is 4.74 Å². The summed E-state index contributed by atoms with van der Waals surface area (Å²) in [6.07, 6.45) is 1.81. The predicted molar refractivity (Wildman–Crippen MR) is 55.7 cm³/mol. The molecular weight excluding hydrogens is 195 g/mol. The van der Waals surface area contributed by atoms with Gasteiger partial charge in [-0.25, -0.2) is 4.39 Å². The summed E-state index contributed by atoms with van der Waals surface area (Å²) in [6, 6.07) is 5.89. The summed E-state index contributed by atoms with van der Waals surface area (Å²) in [4.78, 5) is 10.8. The first-order valence-electron chi connectivity index (χ1n) is 4.67. The Hall–Kier alpha value is -1.64. The summed E-state index contributed by atoms with van der Waals surface area (Å²) in [5, 5.41) is 0. The van der Waals surface area contributed by atoms with Crippen molar-refractivity contribution in [1.29, 1.82) is 0 Å². The lowest BCUT2D eigenvalue weighted by molar-refractivity contribution is -0.146. The van der Waals surface area contributed by atoms with E-state index in [1.165, 1.54) is 19.1 Å². The van der Waals surface area contributed by atoms with E-state index in [9.17, 15) is 9.18 Å². The van der Waals surface area contributed by atoms with Crippen molar-refractivity contribution in [3.05, 3.63) is 48.3 Å². The summed E-state index contributed by atoms with van der Waals surface area (Å²) >= 11 is 0. The maximum atomic E-state index is 12.7. The van der Waals surface area contributed by atoms with Gasteiger partial charge in [-0.1, -0.05) is 18.2 Å². The Bertz CT molecular complexity index is 343. The van der Waals surface area contributed by atoms with Crippen LogP contribution in [0, 0.1) is 5.82 Å². The van der Waals surface area contributed by atoms with Crippen LogP contribution >= 0.6 is 0 Å². The average molecular weight is 208 g/mol. The van der Waals surface area contributed by atoms with Gasteiger partial charge in [-0.3, -0.25) is 4.79 Å². The molecule has 1 aromatic carbocycles. The van der Waals surface area contributed by atoms with Crippen molar-refractivity contribution in [2.75, 3.05) is 0 Å². The first-order chi connectivity index (χ1) is 7.13. The van der Waals surface area contributed by atoms with Gasteiger partial charge in [0.25, 0.3) is 0 Å². The largest absolute Gasteiger partial charge is 0.457 e. The van der Waals surface area contributed by atoms with E-state index in [-0.39, 0.29) is 17.9 Å². The van der Waals surface area contributed by atoms with Crippen molar-refractivity contribution in [1.82, 2.24) is 0 Å². The fraction of sp³-hybridized carbons (Fsp3) is 0.250. The number of carbonyl (C=O) groups excluding carboxylic acids is 1. The first kappa shape index (κ1) is 11.4. The fourth-order valence-electron chi connectivity index (χ4n) is 1.28. The lowest BCUT2D eigenvalue weighted by Gasteiger charge is -2.15. The molecule has 0 N–H and O–H groups in total. The van der Waals surface area contributed by atoms with Crippen molar-refractivity contribution in [2.45, 2.75) is 19.4 Å². The average Bonchev–Trinajstić information content (AvgIpc) is 2.17. The zero-order valence-corrected chi connectivity index (χ0v) is 8.57. The van der Waals surface area contributed by atoms with Crippen molar-refractivity contribution < 1.29 is 13.9 Å². The van der Waals surface area contributed by atoms with Gasteiger partial charge in [-0.2, -0.15) is 0 Å². The second-order valence-corrected chi connectivity index (χ2v) is 3.17. The van der Waals surface area contributed by atoms with Crippen LogP contribution in [-0.2, 0) is 9.53 Å². The number of esters is 1. The van der Waals surface area contributed by atoms with Gasteiger partial charge in [0.2, 0.25) is 0 Å². The van der Waals surface area contributed by atoms with Crippen LogP contribution in [0.25, 0.3) is 0 Å². The lowest BCUT2D eigenvalue weighted by Crippen LogP contribution is -2.07. The monoisotopic (exact) mass is 208 g/mol. The van der Waals surface area contributed by atoms with Crippen LogP contribution in [0.2, 0.25) is 0 Å². The Morgan fingerprint density at radius 1 is 1.53 bits per heavy atom. The van der Waals surface area contributed by atoms with E-state index >= 15 is 0 Å². The second kappa shape index (κ2) is 5.29. The zero-order valence-electron chi connectivity index (χ0n) is 8.57. The summed E-state index contributed by atoms with van der Waals surface area (Å²) in [7, 11) is 0. The van der Waals surface area contributed by atoms with Crippen molar-refractivity contribution in [3.63, 3.8) is 0 Å². The van der Waals surface area contributed by atoms with Crippen LogP contribution in [0.4, 0.5) is 4.39 Å². The van der Waals surface area contributed by atoms with Gasteiger partial charge in [-0.15, -0.1) is 6.58 Å². The van der Waals surface area contributed by atoms with E-state index in [2.05, 4.69) is 6.58 Å². The quantitative estimate of drug-likeness (QED) is 0.561. The van der Waals surface area contributed by atoms with E-state index in [4.69, 9.17) is 4.74 Å². The SMILES string of the molecule is C=CCC(OC(C)=O)c1ccc(F)cc1. The standard InChI is InChI=1S/C12H13FO2/c1-3-4-12(15-9(2)14)10-5-7-11(13)8-6-10/h3,5-8,12H,1,4H2,2H3. The topological polar surface area (TPSA) is 26.3 Å².